The molecule has 0 aromatic heterocycles. The highest BCUT2D eigenvalue weighted by Crippen LogP contribution is 2.46. The van der Waals surface area contributed by atoms with E-state index in [1.807, 2.05) is 25.1 Å². The molecule has 104 valence electrons. The van der Waals surface area contributed by atoms with Crippen LogP contribution in [0.5, 0.6) is 0 Å². The van der Waals surface area contributed by atoms with Crippen LogP contribution in [-0.2, 0) is 14.4 Å². The number of hydrogen-bond acceptors (Lipinski definition) is 3. The minimum absolute atomic E-state index is 0.000717. The molecule has 0 N–H and O–H groups in total. The van der Waals surface area contributed by atoms with Crippen molar-refractivity contribution >= 4 is 33.3 Å². The van der Waals surface area contributed by atoms with E-state index in [-0.39, 0.29) is 41.5 Å². The summed E-state index contributed by atoms with van der Waals surface area (Å²) in [6, 6.07) is 5.82. The van der Waals surface area contributed by atoms with Crippen molar-refractivity contribution in [3.8, 4) is 0 Å². The molecular formula is C16H15BrO3. The normalized spacial score (nSPS) is 29.7. The first-order chi connectivity index (χ1) is 9.49. The van der Waals surface area contributed by atoms with E-state index in [4.69, 9.17) is 0 Å². The Morgan fingerprint density at radius 3 is 2.60 bits per heavy atom. The summed E-state index contributed by atoms with van der Waals surface area (Å²) in [5.74, 6) is -0.786. The highest BCUT2D eigenvalue weighted by Gasteiger charge is 2.45. The maximum absolute atomic E-state index is 12.5. The Balaban J connectivity index is 2.01. The van der Waals surface area contributed by atoms with Crippen molar-refractivity contribution in [2.75, 3.05) is 0 Å². The van der Waals surface area contributed by atoms with Gasteiger partial charge in [-0.05, 0) is 29.7 Å². The molecule has 0 spiro atoms. The van der Waals surface area contributed by atoms with Gasteiger partial charge in [0.15, 0.2) is 0 Å². The maximum atomic E-state index is 12.5. The quantitative estimate of drug-likeness (QED) is 0.741. The Hall–Kier alpha value is -1.29. The average molecular weight is 335 g/mol. The van der Waals surface area contributed by atoms with Gasteiger partial charge in [0.2, 0.25) is 0 Å². The monoisotopic (exact) mass is 334 g/mol. The summed E-state index contributed by atoms with van der Waals surface area (Å²) in [6.45, 7) is 1.89. The van der Waals surface area contributed by atoms with Crippen molar-refractivity contribution in [2.24, 2.45) is 5.92 Å². The minimum atomic E-state index is -0.353. The zero-order chi connectivity index (χ0) is 14.4. The summed E-state index contributed by atoms with van der Waals surface area (Å²) in [7, 11) is 0. The number of fused-ring (bicyclic) bond motifs is 1. The van der Waals surface area contributed by atoms with Gasteiger partial charge in [-0.15, -0.1) is 0 Å². The van der Waals surface area contributed by atoms with Crippen molar-refractivity contribution in [1.82, 2.24) is 0 Å². The van der Waals surface area contributed by atoms with Gasteiger partial charge in [-0.2, -0.15) is 0 Å². The molecule has 1 saturated carbocycles. The number of carbonyl (C=O) groups excluding carboxylic acids is 3. The lowest BCUT2D eigenvalue weighted by Crippen LogP contribution is -2.32. The summed E-state index contributed by atoms with van der Waals surface area (Å²) < 4.78 is 0.946. The van der Waals surface area contributed by atoms with Gasteiger partial charge >= 0.3 is 0 Å². The van der Waals surface area contributed by atoms with Crippen molar-refractivity contribution in [3.63, 3.8) is 0 Å². The topological polar surface area (TPSA) is 51.2 Å². The number of rotatable bonds is 1. The van der Waals surface area contributed by atoms with Crippen molar-refractivity contribution in [3.05, 3.63) is 33.8 Å². The zero-order valence-electron chi connectivity index (χ0n) is 11.2. The molecule has 0 saturated heterocycles. The van der Waals surface area contributed by atoms with Gasteiger partial charge in [0.25, 0.3) is 0 Å². The largest absolute Gasteiger partial charge is 0.299 e. The molecule has 0 radical (unpaired) electrons. The first-order valence-electron chi connectivity index (χ1n) is 6.86. The first kappa shape index (κ1) is 13.7. The smallest absolute Gasteiger partial charge is 0.148 e. The fraction of sp³-hybridized carbons (Fsp3) is 0.438. The van der Waals surface area contributed by atoms with E-state index < -0.39 is 0 Å². The van der Waals surface area contributed by atoms with Crippen molar-refractivity contribution in [2.45, 2.75) is 38.0 Å². The second-order valence-electron chi connectivity index (χ2n) is 5.70. The van der Waals surface area contributed by atoms with Crippen LogP contribution in [0.25, 0.3) is 0 Å². The summed E-state index contributed by atoms with van der Waals surface area (Å²) in [6.07, 6.45) is 0.922. The molecular weight excluding hydrogens is 320 g/mol. The van der Waals surface area contributed by atoms with Gasteiger partial charge in [-0.3, -0.25) is 14.4 Å². The van der Waals surface area contributed by atoms with Crippen LogP contribution < -0.4 is 0 Å². The lowest BCUT2D eigenvalue weighted by Gasteiger charge is -2.25. The molecule has 0 aliphatic heterocycles. The number of hydrogen-bond donors (Lipinski definition) is 0. The summed E-state index contributed by atoms with van der Waals surface area (Å²) in [5, 5.41) is 0. The van der Waals surface area contributed by atoms with Crippen LogP contribution in [0.2, 0.25) is 0 Å². The van der Waals surface area contributed by atoms with Gasteiger partial charge in [-0.25, -0.2) is 0 Å². The Bertz CT molecular complexity index is 620. The molecule has 2 aliphatic carbocycles. The van der Waals surface area contributed by atoms with E-state index in [2.05, 4.69) is 15.9 Å². The van der Waals surface area contributed by atoms with E-state index in [0.717, 1.165) is 15.6 Å². The second-order valence-corrected chi connectivity index (χ2v) is 6.62. The molecule has 3 nitrogen and oxygen atoms in total. The number of carbonyl (C=O) groups is 3. The molecule has 0 heterocycles. The van der Waals surface area contributed by atoms with Gasteiger partial charge < -0.3 is 0 Å². The number of benzene rings is 1. The van der Waals surface area contributed by atoms with E-state index >= 15 is 0 Å². The van der Waals surface area contributed by atoms with Gasteiger partial charge in [-0.1, -0.05) is 28.9 Å². The second kappa shape index (κ2) is 4.92. The molecule has 3 unspecified atom stereocenters. The van der Waals surface area contributed by atoms with Crippen LogP contribution in [0.3, 0.4) is 0 Å². The number of ketones is 3. The van der Waals surface area contributed by atoms with Crippen LogP contribution in [0.15, 0.2) is 22.7 Å². The highest BCUT2D eigenvalue weighted by atomic mass is 79.9. The van der Waals surface area contributed by atoms with E-state index in [9.17, 15) is 14.4 Å². The lowest BCUT2D eigenvalue weighted by molar-refractivity contribution is -0.136. The fourth-order valence-electron chi connectivity index (χ4n) is 3.44. The third-order valence-corrected chi connectivity index (χ3v) is 5.00. The molecule has 0 amide bonds. The predicted octanol–water partition coefficient (Wildman–Crippen LogP) is 3.16. The number of halogens is 1. The minimum Gasteiger partial charge on any atom is -0.299 e. The summed E-state index contributed by atoms with van der Waals surface area (Å²) in [4.78, 5) is 36.0. The Kier molecular flexibility index (Phi) is 3.36. The van der Waals surface area contributed by atoms with Crippen LogP contribution in [0.4, 0.5) is 0 Å². The van der Waals surface area contributed by atoms with E-state index in [0.29, 0.717) is 12.8 Å². The third-order valence-electron chi connectivity index (χ3n) is 4.51. The number of Topliss-reactive ketones (excluding diaryl/α,β-unsaturated/α-hetero) is 3. The van der Waals surface area contributed by atoms with Crippen molar-refractivity contribution < 1.29 is 14.4 Å². The highest BCUT2D eigenvalue weighted by molar-refractivity contribution is 9.10. The van der Waals surface area contributed by atoms with Gasteiger partial charge in [0, 0.05) is 22.7 Å². The zero-order valence-corrected chi connectivity index (χ0v) is 12.8. The Morgan fingerprint density at radius 2 is 1.90 bits per heavy atom. The summed E-state index contributed by atoms with van der Waals surface area (Å²) in [5.41, 5.74) is 1.98. The van der Waals surface area contributed by atoms with Gasteiger partial charge in [0.1, 0.15) is 17.3 Å². The molecule has 1 fully saturated rings. The van der Waals surface area contributed by atoms with E-state index in [1.54, 1.807) is 0 Å². The molecule has 1 aromatic carbocycles. The predicted molar refractivity (Wildman–Crippen MR) is 77.7 cm³/mol. The van der Waals surface area contributed by atoms with Crippen LogP contribution in [0.1, 0.15) is 49.1 Å². The first-order valence-corrected chi connectivity index (χ1v) is 7.66. The van der Waals surface area contributed by atoms with E-state index in [1.165, 1.54) is 0 Å². The van der Waals surface area contributed by atoms with Crippen LogP contribution in [-0.4, -0.2) is 17.3 Å². The Morgan fingerprint density at radius 1 is 1.15 bits per heavy atom. The molecule has 20 heavy (non-hydrogen) atoms. The molecule has 0 bridgehead atoms. The van der Waals surface area contributed by atoms with Crippen LogP contribution in [0, 0.1) is 5.92 Å². The maximum Gasteiger partial charge on any atom is 0.148 e. The molecule has 3 rings (SSSR count). The standard InChI is InChI=1S/C16H15BrO3/c1-8-13-6-9(17)2-4-11(13)15(16(8)20)12-5-3-10(18)7-14(12)19/h2,4,6,8,12,15H,3,5,7H2,1H3. The lowest BCUT2D eigenvalue weighted by atomic mass is 9.75. The molecule has 2 aliphatic rings. The summed E-state index contributed by atoms with van der Waals surface area (Å²) >= 11 is 3.43. The van der Waals surface area contributed by atoms with Crippen LogP contribution >= 0.6 is 15.9 Å². The molecule has 3 atom stereocenters. The SMILES string of the molecule is CC1C(=O)C(C2CCC(=O)CC2=O)c2ccc(Br)cc21. The molecule has 1 aromatic rings. The third kappa shape index (κ3) is 2.06. The molecule has 4 heteroatoms. The fourth-order valence-corrected chi connectivity index (χ4v) is 3.82. The average Bonchev–Trinajstić information content (AvgIpc) is 2.63. The van der Waals surface area contributed by atoms with Gasteiger partial charge in [0.05, 0.1) is 12.3 Å². The van der Waals surface area contributed by atoms with Crippen molar-refractivity contribution in [1.29, 1.82) is 0 Å². The Labute approximate surface area is 125 Å².